The molecule has 15 heavy (non-hydrogen) atoms. The van der Waals surface area contributed by atoms with E-state index in [-0.39, 0.29) is 12.2 Å². The van der Waals surface area contributed by atoms with Crippen LogP contribution in [-0.4, -0.2) is 11.7 Å². The average Bonchev–Trinajstić information content (AvgIpc) is 2.23. The average molecular weight is 208 g/mol. The van der Waals surface area contributed by atoms with E-state index in [9.17, 15) is 9.59 Å². The number of carbonyl (C=O) groups is 2. The number of allylic oxidation sites excluding steroid dienone is 6. The molecule has 0 aromatic heterocycles. The van der Waals surface area contributed by atoms with Crippen molar-refractivity contribution in [3.63, 3.8) is 0 Å². The largest absolute Gasteiger partial charge is 0.294 e. The second-order valence-electron chi connectivity index (χ2n) is 2.80. The molecule has 0 unspecified atom stereocenters. The highest BCUT2D eigenvalue weighted by Crippen LogP contribution is 1.90. The molecule has 4 heteroatoms. The first-order valence-corrected chi connectivity index (χ1v) is 4.67. The van der Waals surface area contributed by atoms with Crippen molar-refractivity contribution in [3.8, 4) is 0 Å². The van der Waals surface area contributed by atoms with Crippen LogP contribution in [0.25, 0.3) is 0 Å². The molecule has 3 N–H and O–H groups in total. The smallest absolute Gasteiger partial charge is 0.241 e. The monoisotopic (exact) mass is 208 g/mol. The predicted octanol–water partition coefficient (Wildman–Crippen LogP) is 1.01. The Morgan fingerprint density at radius 1 is 1.27 bits per heavy atom. The summed E-state index contributed by atoms with van der Waals surface area (Å²) in [6, 6.07) is 0. The number of hydrazine groups is 1. The first-order valence-electron chi connectivity index (χ1n) is 4.67. The Hall–Kier alpha value is -1.68. The fourth-order valence-corrected chi connectivity index (χ4v) is 0.815. The summed E-state index contributed by atoms with van der Waals surface area (Å²) < 4.78 is 0. The predicted molar refractivity (Wildman–Crippen MR) is 59.7 cm³/mol. The van der Waals surface area contributed by atoms with Crippen molar-refractivity contribution >= 4 is 11.7 Å². The molecule has 0 radical (unpaired) electrons. The molecule has 1 amide bonds. The van der Waals surface area contributed by atoms with E-state index in [1.165, 1.54) is 6.08 Å². The maximum atomic E-state index is 11.1. The fourth-order valence-electron chi connectivity index (χ4n) is 0.815. The minimum absolute atomic E-state index is 0.203. The van der Waals surface area contributed by atoms with Gasteiger partial charge in [-0.1, -0.05) is 30.4 Å². The summed E-state index contributed by atoms with van der Waals surface area (Å²) in [5.41, 5.74) is 1.90. The van der Waals surface area contributed by atoms with E-state index in [0.717, 1.165) is 0 Å². The van der Waals surface area contributed by atoms with Gasteiger partial charge in [-0.25, -0.2) is 5.84 Å². The maximum absolute atomic E-state index is 11.1. The second-order valence-corrected chi connectivity index (χ2v) is 2.80. The SMILES string of the molecule is CC=C/C=C\C/C=C/C(=O)CC(=O)NN. The van der Waals surface area contributed by atoms with Gasteiger partial charge in [0.25, 0.3) is 0 Å². The van der Waals surface area contributed by atoms with Crippen molar-refractivity contribution in [2.75, 3.05) is 0 Å². The summed E-state index contributed by atoms with van der Waals surface area (Å²) in [6.07, 6.45) is 11.2. The lowest BCUT2D eigenvalue weighted by Crippen LogP contribution is -2.31. The van der Waals surface area contributed by atoms with E-state index < -0.39 is 5.91 Å². The number of amides is 1. The van der Waals surface area contributed by atoms with Gasteiger partial charge >= 0.3 is 0 Å². The zero-order valence-corrected chi connectivity index (χ0v) is 8.77. The van der Waals surface area contributed by atoms with Gasteiger partial charge in [0.15, 0.2) is 5.78 Å². The van der Waals surface area contributed by atoms with Crippen LogP contribution in [0.2, 0.25) is 0 Å². The van der Waals surface area contributed by atoms with Gasteiger partial charge in [0.05, 0.1) is 6.42 Å². The highest BCUT2D eigenvalue weighted by Gasteiger charge is 2.02. The van der Waals surface area contributed by atoms with E-state index in [2.05, 4.69) is 0 Å². The molecular weight excluding hydrogens is 192 g/mol. The highest BCUT2D eigenvalue weighted by molar-refractivity contribution is 6.03. The van der Waals surface area contributed by atoms with Crippen molar-refractivity contribution in [2.24, 2.45) is 5.84 Å². The zero-order chi connectivity index (χ0) is 11.5. The number of rotatable bonds is 6. The minimum Gasteiger partial charge on any atom is -0.294 e. The third-order valence-electron chi connectivity index (χ3n) is 1.51. The molecule has 0 aliphatic rings. The Morgan fingerprint density at radius 2 is 2.00 bits per heavy atom. The molecule has 0 bridgehead atoms. The van der Waals surface area contributed by atoms with Crippen LogP contribution in [0.5, 0.6) is 0 Å². The first-order chi connectivity index (χ1) is 7.20. The summed E-state index contributed by atoms with van der Waals surface area (Å²) in [4.78, 5) is 21.7. The Labute approximate surface area is 89.5 Å². The summed E-state index contributed by atoms with van der Waals surface area (Å²) in [7, 11) is 0. The van der Waals surface area contributed by atoms with E-state index in [4.69, 9.17) is 5.84 Å². The van der Waals surface area contributed by atoms with Gasteiger partial charge in [-0.3, -0.25) is 15.0 Å². The van der Waals surface area contributed by atoms with Gasteiger partial charge in [0.2, 0.25) is 5.91 Å². The van der Waals surface area contributed by atoms with Crippen LogP contribution >= 0.6 is 0 Å². The number of nitrogens with two attached hydrogens (primary N) is 1. The summed E-state index contributed by atoms with van der Waals surface area (Å²) >= 11 is 0. The molecule has 0 aliphatic heterocycles. The van der Waals surface area contributed by atoms with E-state index in [1.807, 2.05) is 36.7 Å². The van der Waals surface area contributed by atoms with E-state index in [0.29, 0.717) is 6.42 Å². The van der Waals surface area contributed by atoms with Gasteiger partial charge in [-0.2, -0.15) is 0 Å². The molecule has 4 nitrogen and oxygen atoms in total. The van der Waals surface area contributed by atoms with Crippen LogP contribution in [0, 0.1) is 0 Å². The van der Waals surface area contributed by atoms with Crippen molar-refractivity contribution in [3.05, 3.63) is 36.5 Å². The van der Waals surface area contributed by atoms with Crippen LogP contribution in [0.1, 0.15) is 19.8 Å². The molecule has 0 aromatic rings. The molecule has 0 rings (SSSR count). The number of hydrogen-bond acceptors (Lipinski definition) is 3. The zero-order valence-electron chi connectivity index (χ0n) is 8.77. The second kappa shape index (κ2) is 8.90. The third-order valence-corrected chi connectivity index (χ3v) is 1.51. The Balaban J connectivity index is 3.77. The molecule has 82 valence electrons. The van der Waals surface area contributed by atoms with E-state index >= 15 is 0 Å². The van der Waals surface area contributed by atoms with Crippen molar-refractivity contribution in [1.29, 1.82) is 0 Å². The van der Waals surface area contributed by atoms with Gasteiger partial charge < -0.3 is 0 Å². The van der Waals surface area contributed by atoms with Crippen molar-refractivity contribution in [1.82, 2.24) is 5.43 Å². The first kappa shape index (κ1) is 13.3. The maximum Gasteiger partial charge on any atom is 0.241 e. The van der Waals surface area contributed by atoms with Crippen molar-refractivity contribution in [2.45, 2.75) is 19.8 Å². The van der Waals surface area contributed by atoms with Crippen LogP contribution in [0.15, 0.2) is 36.5 Å². The van der Waals surface area contributed by atoms with Crippen LogP contribution in [0.3, 0.4) is 0 Å². The summed E-state index contributed by atoms with van der Waals surface area (Å²) in [5.74, 6) is 4.11. The van der Waals surface area contributed by atoms with Crippen LogP contribution in [0.4, 0.5) is 0 Å². The number of carbonyl (C=O) groups excluding carboxylic acids is 2. The lowest BCUT2D eigenvalue weighted by molar-refractivity contribution is -0.126. The third kappa shape index (κ3) is 8.64. The molecule has 0 saturated carbocycles. The van der Waals surface area contributed by atoms with Gasteiger partial charge in [0.1, 0.15) is 0 Å². The van der Waals surface area contributed by atoms with E-state index in [1.54, 1.807) is 6.08 Å². The van der Waals surface area contributed by atoms with Crippen LogP contribution < -0.4 is 11.3 Å². The molecule has 0 spiro atoms. The van der Waals surface area contributed by atoms with Gasteiger partial charge in [0, 0.05) is 0 Å². The van der Waals surface area contributed by atoms with Gasteiger partial charge in [-0.05, 0) is 19.4 Å². The normalized spacial score (nSPS) is 11.6. The highest BCUT2D eigenvalue weighted by atomic mass is 16.2. The quantitative estimate of drug-likeness (QED) is 0.171. The molecule has 0 saturated heterocycles. The lowest BCUT2D eigenvalue weighted by atomic mass is 10.2. The molecule has 0 aromatic carbocycles. The topological polar surface area (TPSA) is 72.2 Å². The van der Waals surface area contributed by atoms with Crippen LogP contribution in [-0.2, 0) is 9.59 Å². The lowest BCUT2D eigenvalue weighted by Gasteiger charge is -1.93. The summed E-state index contributed by atoms with van der Waals surface area (Å²) in [5, 5.41) is 0. The standard InChI is InChI=1S/C11H16N2O2/c1-2-3-4-5-6-7-8-10(14)9-11(15)13-12/h2-5,7-8H,6,9,12H2,1H3,(H,13,15)/b3-2?,5-4-,8-7+. The molecular formula is C11H16N2O2. The number of hydrogen-bond donors (Lipinski definition) is 2. The minimum atomic E-state index is -0.478. The fraction of sp³-hybridized carbons (Fsp3) is 0.273. The number of nitrogens with one attached hydrogen (secondary N) is 1. The van der Waals surface area contributed by atoms with Gasteiger partial charge in [-0.15, -0.1) is 0 Å². The Morgan fingerprint density at radius 3 is 2.60 bits per heavy atom. The Kier molecular flexibility index (Phi) is 7.90. The molecule has 0 fully saturated rings. The molecule has 0 atom stereocenters. The number of ketones is 1. The van der Waals surface area contributed by atoms with Crippen molar-refractivity contribution < 1.29 is 9.59 Å². The molecule has 0 heterocycles. The Bertz CT molecular complexity index is 291. The molecule has 0 aliphatic carbocycles. The summed E-state index contributed by atoms with van der Waals surface area (Å²) in [6.45, 7) is 1.93.